The first-order chi connectivity index (χ1) is 6.08. The molecule has 1 rings (SSSR count). The van der Waals surface area contributed by atoms with E-state index in [4.69, 9.17) is 9.84 Å². The molecule has 0 aromatic heterocycles. The molecule has 4 heteroatoms. The van der Waals surface area contributed by atoms with Crippen molar-refractivity contribution in [2.24, 2.45) is 5.41 Å². The number of ether oxygens (including phenoxy) is 1. The highest BCUT2D eigenvalue weighted by Crippen LogP contribution is 2.29. The second kappa shape index (κ2) is 4.07. The first-order valence-electron chi connectivity index (χ1n) is 4.53. The van der Waals surface area contributed by atoms with Gasteiger partial charge in [-0.05, 0) is 19.9 Å². The van der Waals surface area contributed by atoms with Crippen molar-refractivity contribution in [2.45, 2.75) is 13.3 Å². The lowest BCUT2D eigenvalue weighted by Gasteiger charge is -2.19. The quantitative estimate of drug-likeness (QED) is 0.693. The zero-order chi connectivity index (χ0) is 9.90. The summed E-state index contributed by atoms with van der Waals surface area (Å²) in [4.78, 5) is 13.0. The lowest BCUT2D eigenvalue weighted by Crippen LogP contribution is -2.33. The number of likely N-dealkylation sites (tertiary alicyclic amines) is 1. The van der Waals surface area contributed by atoms with Crippen LogP contribution < -0.4 is 0 Å². The van der Waals surface area contributed by atoms with Crippen molar-refractivity contribution < 1.29 is 14.6 Å². The molecule has 4 nitrogen and oxygen atoms in total. The topological polar surface area (TPSA) is 49.8 Å². The van der Waals surface area contributed by atoms with Crippen LogP contribution in [0.15, 0.2) is 0 Å². The summed E-state index contributed by atoms with van der Waals surface area (Å²) >= 11 is 0. The minimum atomic E-state index is -0.688. The summed E-state index contributed by atoms with van der Waals surface area (Å²) in [5.41, 5.74) is -0.548. The van der Waals surface area contributed by atoms with Crippen molar-refractivity contribution in [2.75, 3.05) is 33.4 Å². The van der Waals surface area contributed by atoms with E-state index in [1.165, 1.54) is 0 Å². The van der Waals surface area contributed by atoms with E-state index >= 15 is 0 Å². The van der Waals surface area contributed by atoms with Crippen LogP contribution in [-0.2, 0) is 9.53 Å². The Kier molecular flexibility index (Phi) is 3.27. The van der Waals surface area contributed by atoms with Gasteiger partial charge in [-0.1, -0.05) is 0 Å². The van der Waals surface area contributed by atoms with Crippen molar-refractivity contribution >= 4 is 5.97 Å². The number of nitrogens with zero attached hydrogens (tertiary/aromatic N) is 1. The molecule has 0 bridgehead atoms. The van der Waals surface area contributed by atoms with Crippen LogP contribution in [-0.4, -0.2) is 49.3 Å². The van der Waals surface area contributed by atoms with Gasteiger partial charge in [0.2, 0.25) is 0 Å². The van der Waals surface area contributed by atoms with Gasteiger partial charge < -0.3 is 9.84 Å². The number of carboxylic acid groups (broad SMARTS) is 1. The molecule has 1 aliphatic heterocycles. The molecule has 13 heavy (non-hydrogen) atoms. The van der Waals surface area contributed by atoms with E-state index < -0.39 is 11.4 Å². The third-order valence-corrected chi connectivity index (χ3v) is 2.68. The van der Waals surface area contributed by atoms with Crippen LogP contribution in [0.4, 0.5) is 0 Å². The fraction of sp³-hybridized carbons (Fsp3) is 0.889. The summed E-state index contributed by atoms with van der Waals surface area (Å²) in [6.45, 7) is 4.83. The third-order valence-electron chi connectivity index (χ3n) is 2.68. The Morgan fingerprint density at radius 2 is 2.38 bits per heavy atom. The second-order valence-corrected chi connectivity index (χ2v) is 3.88. The maximum Gasteiger partial charge on any atom is 0.310 e. The van der Waals surface area contributed by atoms with E-state index in [1.54, 1.807) is 7.11 Å². The Bertz CT molecular complexity index is 195. The van der Waals surface area contributed by atoms with Crippen molar-refractivity contribution in [3.8, 4) is 0 Å². The van der Waals surface area contributed by atoms with Gasteiger partial charge >= 0.3 is 5.97 Å². The summed E-state index contributed by atoms with van der Waals surface area (Å²) in [5.74, 6) is -0.688. The van der Waals surface area contributed by atoms with Crippen LogP contribution in [0, 0.1) is 5.41 Å². The maximum atomic E-state index is 10.9. The standard InChI is InChI=1S/C9H17NO3/c1-9(8(11)12)3-4-10(7-9)5-6-13-2/h3-7H2,1-2H3,(H,11,12). The normalized spacial score (nSPS) is 29.4. The highest BCUT2D eigenvalue weighted by atomic mass is 16.5. The zero-order valence-corrected chi connectivity index (χ0v) is 8.25. The predicted octanol–water partition coefficient (Wildman–Crippen LogP) is 0.429. The Labute approximate surface area is 78.5 Å². The van der Waals surface area contributed by atoms with E-state index in [0.717, 1.165) is 19.5 Å². The van der Waals surface area contributed by atoms with Gasteiger partial charge in [-0.15, -0.1) is 0 Å². The van der Waals surface area contributed by atoms with Crippen LogP contribution in [0.3, 0.4) is 0 Å². The van der Waals surface area contributed by atoms with Crippen molar-refractivity contribution in [3.05, 3.63) is 0 Å². The summed E-state index contributed by atoms with van der Waals surface area (Å²) in [6.07, 6.45) is 0.742. The monoisotopic (exact) mass is 187 g/mol. The molecule has 0 aliphatic carbocycles. The molecule has 0 aromatic rings. The molecular formula is C9H17NO3. The van der Waals surface area contributed by atoms with Gasteiger partial charge in [0.25, 0.3) is 0 Å². The number of carboxylic acids is 1. The van der Waals surface area contributed by atoms with E-state index in [9.17, 15) is 4.79 Å². The average molecular weight is 187 g/mol. The summed E-state index contributed by atoms with van der Waals surface area (Å²) < 4.78 is 4.94. The fourth-order valence-electron chi connectivity index (χ4n) is 1.64. The molecule has 1 fully saturated rings. The van der Waals surface area contributed by atoms with Crippen LogP contribution in [0.25, 0.3) is 0 Å². The summed E-state index contributed by atoms with van der Waals surface area (Å²) in [5, 5.41) is 8.96. The molecule has 1 N–H and O–H groups in total. The van der Waals surface area contributed by atoms with Crippen LogP contribution in [0.2, 0.25) is 0 Å². The van der Waals surface area contributed by atoms with E-state index in [2.05, 4.69) is 4.90 Å². The van der Waals surface area contributed by atoms with Gasteiger partial charge in [0.15, 0.2) is 0 Å². The van der Waals surface area contributed by atoms with Gasteiger partial charge in [-0.3, -0.25) is 9.69 Å². The molecule has 0 spiro atoms. The van der Waals surface area contributed by atoms with E-state index in [-0.39, 0.29) is 0 Å². The molecule has 1 saturated heterocycles. The first kappa shape index (κ1) is 10.5. The summed E-state index contributed by atoms with van der Waals surface area (Å²) in [7, 11) is 1.66. The Hall–Kier alpha value is -0.610. The smallest absolute Gasteiger partial charge is 0.310 e. The fourth-order valence-corrected chi connectivity index (χ4v) is 1.64. The number of carbonyl (C=O) groups is 1. The molecular weight excluding hydrogens is 170 g/mol. The first-order valence-corrected chi connectivity index (χ1v) is 4.53. The number of hydrogen-bond donors (Lipinski definition) is 1. The lowest BCUT2D eigenvalue weighted by molar-refractivity contribution is -0.147. The number of methoxy groups -OCH3 is 1. The molecule has 0 amide bonds. The van der Waals surface area contributed by atoms with Gasteiger partial charge in [-0.2, -0.15) is 0 Å². The van der Waals surface area contributed by atoms with Gasteiger partial charge in [0.05, 0.1) is 12.0 Å². The molecule has 1 heterocycles. The second-order valence-electron chi connectivity index (χ2n) is 3.88. The van der Waals surface area contributed by atoms with Crippen molar-refractivity contribution in [1.29, 1.82) is 0 Å². The highest BCUT2D eigenvalue weighted by Gasteiger charge is 2.39. The van der Waals surface area contributed by atoms with Crippen molar-refractivity contribution in [1.82, 2.24) is 4.90 Å². The molecule has 0 aromatic carbocycles. The molecule has 1 aliphatic rings. The number of aliphatic carboxylic acids is 1. The molecule has 1 unspecified atom stereocenters. The minimum absolute atomic E-state index is 0.548. The predicted molar refractivity (Wildman–Crippen MR) is 48.7 cm³/mol. The highest BCUT2D eigenvalue weighted by molar-refractivity contribution is 5.74. The zero-order valence-electron chi connectivity index (χ0n) is 8.25. The van der Waals surface area contributed by atoms with Gasteiger partial charge in [0, 0.05) is 20.2 Å². The Morgan fingerprint density at radius 3 is 2.85 bits per heavy atom. The average Bonchev–Trinajstić information content (AvgIpc) is 2.45. The minimum Gasteiger partial charge on any atom is -0.481 e. The van der Waals surface area contributed by atoms with Gasteiger partial charge in [0.1, 0.15) is 0 Å². The van der Waals surface area contributed by atoms with Crippen LogP contribution in [0.1, 0.15) is 13.3 Å². The maximum absolute atomic E-state index is 10.9. The van der Waals surface area contributed by atoms with E-state index in [0.29, 0.717) is 13.2 Å². The SMILES string of the molecule is COCCN1CCC(C)(C(=O)O)C1. The number of rotatable bonds is 4. The molecule has 76 valence electrons. The number of hydrogen-bond acceptors (Lipinski definition) is 3. The van der Waals surface area contributed by atoms with Crippen molar-refractivity contribution in [3.63, 3.8) is 0 Å². The summed E-state index contributed by atoms with van der Waals surface area (Å²) in [6, 6.07) is 0. The van der Waals surface area contributed by atoms with Crippen LogP contribution in [0.5, 0.6) is 0 Å². The van der Waals surface area contributed by atoms with E-state index in [1.807, 2.05) is 6.92 Å². The largest absolute Gasteiger partial charge is 0.481 e. The Morgan fingerprint density at radius 1 is 1.69 bits per heavy atom. The molecule has 0 saturated carbocycles. The Balaban J connectivity index is 2.39. The molecule has 0 radical (unpaired) electrons. The molecule has 1 atom stereocenters. The third kappa shape index (κ3) is 2.42. The van der Waals surface area contributed by atoms with Crippen LogP contribution >= 0.6 is 0 Å². The van der Waals surface area contributed by atoms with Gasteiger partial charge in [-0.25, -0.2) is 0 Å². The lowest BCUT2D eigenvalue weighted by atomic mass is 9.90.